The number of benzene rings is 1. The van der Waals surface area contributed by atoms with Crippen molar-refractivity contribution in [3.8, 4) is 5.75 Å². The van der Waals surface area contributed by atoms with Crippen LogP contribution in [-0.2, 0) is 6.54 Å². The van der Waals surface area contributed by atoms with Gasteiger partial charge in [0.25, 0.3) is 0 Å². The third kappa shape index (κ3) is 3.61. The zero-order valence-corrected chi connectivity index (χ0v) is 12.4. The van der Waals surface area contributed by atoms with Gasteiger partial charge in [-0.25, -0.2) is 0 Å². The largest absolute Gasteiger partial charge is 0.508 e. The molecule has 0 spiro atoms. The van der Waals surface area contributed by atoms with Gasteiger partial charge < -0.3 is 10.4 Å². The zero-order chi connectivity index (χ0) is 14.5. The Labute approximate surface area is 120 Å². The van der Waals surface area contributed by atoms with E-state index in [1.807, 2.05) is 29.8 Å². The molecule has 2 rings (SSSR count). The Kier molecular flexibility index (Phi) is 4.79. The van der Waals surface area contributed by atoms with Crippen LogP contribution < -0.4 is 5.32 Å². The second-order valence-corrected chi connectivity index (χ2v) is 5.24. The third-order valence-electron chi connectivity index (χ3n) is 3.50. The molecule has 0 saturated heterocycles. The number of aromatic hydroxyl groups is 1. The molecular formula is C16H23N3O. The molecule has 0 aliphatic carbocycles. The number of para-hydroxylation sites is 1. The molecule has 0 aliphatic heterocycles. The second kappa shape index (κ2) is 6.57. The van der Waals surface area contributed by atoms with Crippen LogP contribution >= 0.6 is 0 Å². The molecule has 1 aromatic carbocycles. The molecule has 2 N–H and O–H groups in total. The lowest BCUT2D eigenvalue weighted by Crippen LogP contribution is -2.21. The van der Waals surface area contributed by atoms with Crippen molar-refractivity contribution in [1.29, 1.82) is 0 Å². The Morgan fingerprint density at radius 2 is 2.05 bits per heavy atom. The summed E-state index contributed by atoms with van der Waals surface area (Å²) in [6, 6.07) is 9.71. The smallest absolute Gasteiger partial charge is 0.120 e. The molecule has 1 aromatic heterocycles. The van der Waals surface area contributed by atoms with Gasteiger partial charge in [-0.2, -0.15) is 5.10 Å². The van der Waals surface area contributed by atoms with Crippen molar-refractivity contribution in [2.24, 2.45) is 0 Å². The molecule has 1 atom stereocenters. The monoisotopic (exact) mass is 273 g/mol. The van der Waals surface area contributed by atoms with E-state index in [-0.39, 0.29) is 6.04 Å². The molecule has 4 heteroatoms. The number of hydrogen-bond donors (Lipinski definition) is 2. The molecule has 4 nitrogen and oxygen atoms in total. The maximum atomic E-state index is 9.80. The lowest BCUT2D eigenvalue weighted by molar-refractivity contribution is 0.447. The van der Waals surface area contributed by atoms with E-state index in [4.69, 9.17) is 0 Å². The van der Waals surface area contributed by atoms with Gasteiger partial charge in [-0.05, 0) is 45.9 Å². The van der Waals surface area contributed by atoms with Crippen molar-refractivity contribution in [1.82, 2.24) is 15.1 Å². The summed E-state index contributed by atoms with van der Waals surface area (Å²) in [5.41, 5.74) is 3.22. The van der Waals surface area contributed by atoms with Crippen molar-refractivity contribution >= 4 is 0 Å². The van der Waals surface area contributed by atoms with Crippen LogP contribution in [0.5, 0.6) is 5.75 Å². The molecule has 0 radical (unpaired) electrons. The topological polar surface area (TPSA) is 50.1 Å². The van der Waals surface area contributed by atoms with E-state index in [2.05, 4.69) is 30.3 Å². The minimum absolute atomic E-state index is 0.150. The lowest BCUT2D eigenvalue weighted by atomic mass is 10.1. The first-order chi connectivity index (χ1) is 9.58. The molecule has 0 aliphatic rings. The summed E-state index contributed by atoms with van der Waals surface area (Å²) in [6.45, 7) is 7.98. The van der Waals surface area contributed by atoms with Gasteiger partial charge >= 0.3 is 0 Å². The lowest BCUT2D eigenvalue weighted by Gasteiger charge is -2.15. The fraction of sp³-hybridized carbons (Fsp3) is 0.438. The Bertz CT molecular complexity index is 563. The molecule has 0 fully saturated rings. The zero-order valence-electron chi connectivity index (χ0n) is 12.4. The van der Waals surface area contributed by atoms with Crippen LogP contribution in [0, 0.1) is 13.8 Å². The minimum atomic E-state index is 0.150. The summed E-state index contributed by atoms with van der Waals surface area (Å²) >= 11 is 0. The average molecular weight is 273 g/mol. The van der Waals surface area contributed by atoms with E-state index in [1.54, 1.807) is 6.07 Å². The van der Waals surface area contributed by atoms with E-state index >= 15 is 0 Å². The molecule has 2 aromatic rings. The highest BCUT2D eigenvalue weighted by Gasteiger charge is 2.08. The summed E-state index contributed by atoms with van der Waals surface area (Å²) in [5, 5.41) is 17.7. The number of nitrogens with one attached hydrogen (secondary N) is 1. The number of aryl methyl sites for hydroxylation is 3. The average Bonchev–Trinajstić information content (AvgIpc) is 2.73. The maximum Gasteiger partial charge on any atom is 0.120 e. The number of aromatic nitrogens is 2. The Morgan fingerprint density at radius 3 is 2.70 bits per heavy atom. The number of phenolic OH excluding ortho intramolecular Hbond substituents is 1. The highest BCUT2D eigenvalue weighted by Crippen LogP contribution is 2.22. The van der Waals surface area contributed by atoms with Crippen LogP contribution in [0.2, 0.25) is 0 Å². The summed E-state index contributed by atoms with van der Waals surface area (Å²) in [4.78, 5) is 0. The van der Waals surface area contributed by atoms with Crippen LogP contribution in [0.15, 0.2) is 30.3 Å². The summed E-state index contributed by atoms with van der Waals surface area (Å²) in [5.74, 6) is 0.353. The second-order valence-electron chi connectivity index (χ2n) is 5.24. The molecule has 0 amide bonds. The first kappa shape index (κ1) is 14.6. The first-order valence-corrected chi connectivity index (χ1v) is 7.10. The molecule has 108 valence electrons. The summed E-state index contributed by atoms with van der Waals surface area (Å²) < 4.78 is 2.04. The van der Waals surface area contributed by atoms with Crippen molar-refractivity contribution in [3.63, 3.8) is 0 Å². The Hall–Kier alpha value is -1.81. The van der Waals surface area contributed by atoms with Gasteiger partial charge in [-0.15, -0.1) is 0 Å². The van der Waals surface area contributed by atoms with Gasteiger partial charge in [0.05, 0.1) is 5.69 Å². The van der Waals surface area contributed by atoms with Crippen LogP contribution in [0.25, 0.3) is 0 Å². The fourth-order valence-electron chi connectivity index (χ4n) is 2.41. The predicted octanol–water partition coefficient (Wildman–Crippen LogP) is 2.95. The number of nitrogens with zero attached hydrogens (tertiary/aromatic N) is 2. The predicted molar refractivity (Wildman–Crippen MR) is 80.8 cm³/mol. The maximum absolute atomic E-state index is 9.80. The number of hydrogen-bond acceptors (Lipinski definition) is 3. The first-order valence-electron chi connectivity index (χ1n) is 7.10. The van der Waals surface area contributed by atoms with Crippen LogP contribution in [0.1, 0.15) is 36.3 Å². The van der Waals surface area contributed by atoms with E-state index in [9.17, 15) is 5.11 Å². The molecule has 1 heterocycles. The molecule has 1 unspecified atom stereocenters. The van der Waals surface area contributed by atoms with Gasteiger partial charge in [-0.3, -0.25) is 4.68 Å². The number of rotatable bonds is 6. The molecule has 0 saturated carbocycles. The number of phenols is 1. The van der Waals surface area contributed by atoms with Crippen molar-refractivity contribution in [2.45, 2.75) is 39.8 Å². The normalized spacial score (nSPS) is 12.6. The highest BCUT2D eigenvalue weighted by atomic mass is 16.3. The Morgan fingerprint density at radius 1 is 1.30 bits per heavy atom. The SMILES string of the molecule is Cc1cc(C)n(CCCNC(C)c2ccccc2O)n1. The van der Waals surface area contributed by atoms with Crippen LogP contribution in [0.4, 0.5) is 0 Å². The van der Waals surface area contributed by atoms with Crippen LogP contribution in [-0.4, -0.2) is 21.4 Å². The minimum Gasteiger partial charge on any atom is -0.508 e. The summed E-state index contributed by atoms with van der Waals surface area (Å²) in [7, 11) is 0. The van der Waals surface area contributed by atoms with Crippen molar-refractivity contribution in [2.75, 3.05) is 6.54 Å². The van der Waals surface area contributed by atoms with E-state index in [0.29, 0.717) is 5.75 Å². The van der Waals surface area contributed by atoms with E-state index in [1.165, 1.54) is 5.69 Å². The van der Waals surface area contributed by atoms with Gasteiger partial charge in [0.1, 0.15) is 5.75 Å². The third-order valence-corrected chi connectivity index (χ3v) is 3.50. The molecule has 20 heavy (non-hydrogen) atoms. The van der Waals surface area contributed by atoms with Gasteiger partial charge in [0.15, 0.2) is 0 Å². The van der Waals surface area contributed by atoms with E-state index < -0.39 is 0 Å². The van der Waals surface area contributed by atoms with Crippen molar-refractivity contribution in [3.05, 3.63) is 47.3 Å². The van der Waals surface area contributed by atoms with E-state index in [0.717, 1.165) is 30.8 Å². The highest BCUT2D eigenvalue weighted by molar-refractivity contribution is 5.34. The molecule has 0 bridgehead atoms. The van der Waals surface area contributed by atoms with Gasteiger partial charge in [-0.1, -0.05) is 18.2 Å². The fourth-order valence-corrected chi connectivity index (χ4v) is 2.41. The molecular weight excluding hydrogens is 250 g/mol. The standard InChI is InChI=1S/C16H23N3O/c1-12-11-13(2)19(18-12)10-6-9-17-14(3)15-7-4-5-8-16(15)20/h4-5,7-8,11,14,17,20H,6,9-10H2,1-3H3. The Balaban J connectivity index is 1.79. The quantitative estimate of drug-likeness (QED) is 0.796. The van der Waals surface area contributed by atoms with Crippen molar-refractivity contribution < 1.29 is 5.11 Å². The summed E-state index contributed by atoms with van der Waals surface area (Å²) in [6.07, 6.45) is 1.01. The van der Waals surface area contributed by atoms with Gasteiger partial charge in [0.2, 0.25) is 0 Å². The van der Waals surface area contributed by atoms with Gasteiger partial charge in [0, 0.05) is 23.8 Å². The van der Waals surface area contributed by atoms with Crippen LogP contribution in [0.3, 0.4) is 0 Å².